The van der Waals surface area contributed by atoms with Gasteiger partial charge in [-0.2, -0.15) is 0 Å². The molecule has 2 atom stereocenters. The zero-order valence-corrected chi connectivity index (χ0v) is 17.3. The Hall–Kier alpha value is -2.62. The number of amides is 1. The molecule has 3 aromatic rings. The molecule has 3 aromatic carbocycles. The van der Waals surface area contributed by atoms with Crippen molar-refractivity contribution < 1.29 is 4.79 Å². The van der Waals surface area contributed by atoms with E-state index in [1.807, 2.05) is 12.1 Å². The summed E-state index contributed by atoms with van der Waals surface area (Å²) in [6, 6.07) is 26.3. The predicted molar refractivity (Wildman–Crippen MR) is 120 cm³/mol. The van der Waals surface area contributed by atoms with Crippen LogP contribution in [0.3, 0.4) is 0 Å². The molecule has 1 N–H and O–H groups in total. The van der Waals surface area contributed by atoms with Crippen molar-refractivity contribution >= 4 is 23.2 Å². The van der Waals surface area contributed by atoms with Crippen LogP contribution in [0.2, 0.25) is 5.02 Å². The maximum Gasteiger partial charge on any atom is 0.255 e. The maximum atomic E-state index is 12.4. The van der Waals surface area contributed by atoms with Crippen molar-refractivity contribution in [3.05, 3.63) is 101 Å². The van der Waals surface area contributed by atoms with Crippen LogP contribution >= 0.6 is 11.6 Å². The minimum absolute atomic E-state index is 0.127. The first kappa shape index (κ1) is 19.7. The third-order valence-corrected chi connectivity index (χ3v) is 6.07. The van der Waals surface area contributed by atoms with Crippen molar-refractivity contribution in [2.45, 2.75) is 31.8 Å². The second kappa shape index (κ2) is 8.81. The lowest BCUT2D eigenvalue weighted by molar-refractivity contribution is 0.102. The molecule has 4 heteroatoms. The van der Waals surface area contributed by atoms with Crippen LogP contribution in [0.15, 0.2) is 78.9 Å². The highest BCUT2D eigenvalue weighted by atomic mass is 35.5. The Morgan fingerprint density at radius 3 is 2.38 bits per heavy atom. The number of carbonyl (C=O) groups is 1. The van der Waals surface area contributed by atoms with Crippen molar-refractivity contribution in [1.82, 2.24) is 4.90 Å². The quantitative estimate of drug-likeness (QED) is 0.568. The average molecular weight is 405 g/mol. The zero-order chi connectivity index (χ0) is 20.2. The third-order valence-electron chi connectivity index (χ3n) is 5.82. The standard InChI is InChI=1S/C25H25ClN2O/c1-18-24(15-16-28(18)17-19-5-3-2-4-6-19)20-9-13-23(14-10-20)27-25(29)21-7-11-22(26)12-8-21/h2-14,18,24H,15-17H2,1H3,(H,27,29). The molecule has 1 fully saturated rings. The van der Waals surface area contributed by atoms with Crippen molar-refractivity contribution in [3.63, 3.8) is 0 Å². The van der Waals surface area contributed by atoms with Crippen molar-refractivity contribution in [3.8, 4) is 0 Å². The molecule has 3 nitrogen and oxygen atoms in total. The van der Waals surface area contributed by atoms with E-state index in [2.05, 4.69) is 59.6 Å². The van der Waals surface area contributed by atoms with Crippen LogP contribution < -0.4 is 5.32 Å². The molecule has 0 aliphatic carbocycles. The predicted octanol–water partition coefficient (Wildman–Crippen LogP) is 5.97. The summed E-state index contributed by atoms with van der Waals surface area (Å²) in [6.07, 6.45) is 1.16. The number of hydrogen-bond acceptors (Lipinski definition) is 2. The van der Waals surface area contributed by atoms with E-state index in [4.69, 9.17) is 11.6 Å². The van der Waals surface area contributed by atoms with E-state index in [1.165, 1.54) is 11.1 Å². The number of nitrogens with one attached hydrogen (secondary N) is 1. The summed E-state index contributed by atoms with van der Waals surface area (Å²) in [7, 11) is 0. The molecule has 4 rings (SSSR count). The van der Waals surface area contributed by atoms with Crippen LogP contribution in [0.1, 0.15) is 40.7 Å². The molecular weight excluding hydrogens is 380 g/mol. The molecule has 0 aromatic heterocycles. The third kappa shape index (κ3) is 4.69. The summed E-state index contributed by atoms with van der Waals surface area (Å²) in [5, 5.41) is 3.58. The van der Waals surface area contributed by atoms with Crippen molar-refractivity contribution in [2.75, 3.05) is 11.9 Å². The number of anilines is 1. The smallest absolute Gasteiger partial charge is 0.255 e. The fourth-order valence-electron chi connectivity index (χ4n) is 4.11. The van der Waals surface area contributed by atoms with Crippen LogP contribution in [0.25, 0.3) is 0 Å². The summed E-state index contributed by atoms with van der Waals surface area (Å²) in [4.78, 5) is 14.9. The minimum Gasteiger partial charge on any atom is -0.322 e. The molecule has 148 valence electrons. The van der Waals surface area contributed by atoms with Gasteiger partial charge in [-0.1, -0.05) is 54.1 Å². The van der Waals surface area contributed by atoms with Crippen molar-refractivity contribution in [1.29, 1.82) is 0 Å². The number of halogens is 1. The largest absolute Gasteiger partial charge is 0.322 e. The van der Waals surface area contributed by atoms with E-state index in [9.17, 15) is 4.79 Å². The summed E-state index contributed by atoms with van der Waals surface area (Å²) in [6.45, 7) is 4.42. The van der Waals surface area contributed by atoms with Gasteiger partial charge in [0.2, 0.25) is 0 Å². The molecule has 29 heavy (non-hydrogen) atoms. The molecule has 1 heterocycles. The van der Waals surface area contributed by atoms with Gasteiger partial charge in [0, 0.05) is 34.8 Å². The number of carbonyl (C=O) groups excluding carboxylic acids is 1. The SMILES string of the molecule is CC1C(c2ccc(NC(=O)c3ccc(Cl)cc3)cc2)CCN1Cc1ccccc1. The van der Waals surface area contributed by atoms with Crippen LogP contribution in [0.5, 0.6) is 0 Å². The highest BCUT2D eigenvalue weighted by Crippen LogP contribution is 2.34. The minimum atomic E-state index is -0.127. The number of hydrogen-bond donors (Lipinski definition) is 1. The molecule has 0 spiro atoms. The molecule has 1 saturated heterocycles. The molecule has 0 bridgehead atoms. The highest BCUT2D eigenvalue weighted by Gasteiger charge is 2.31. The van der Waals surface area contributed by atoms with Crippen LogP contribution in [-0.4, -0.2) is 23.4 Å². The summed E-state index contributed by atoms with van der Waals surface area (Å²) < 4.78 is 0. The average Bonchev–Trinajstić information content (AvgIpc) is 3.10. The summed E-state index contributed by atoms with van der Waals surface area (Å²) >= 11 is 5.89. The van der Waals surface area contributed by atoms with Gasteiger partial charge in [-0.05, 0) is 67.4 Å². The monoisotopic (exact) mass is 404 g/mol. The van der Waals surface area contributed by atoms with E-state index < -0.39 is 0 Å². The molecule has 1 amide bonds. The van der Waals surface area contributed by atoms with Gasteiger partial charge in [0.1, 0.15) is 0 Å². The van der Waals surface area contributed by atoms with Crippen LogP contribution in [-0.2, 0) is 6.54 Å². The fraction of sp³-hybridized carbons (Fsp3) is 0.240. The lowest BCUT2D eigenvalue weighted by Gasteiger charge is -2.25. The zero-order valence-electron chi connectivity index (χ0n) is 16.5. The number of benzene rings is 3. The summed E-state index contributed by atoms with van der Waals surface area (Å²) in [5.74, 6) is 0.386. The number of rotatable bonds is 5. The Balaban J connectivity index is 1.39. The van der Waals surface area contributed by atoms with Gasteiger partial charge in [-0.25, -0.2) is 0 Å². The van der Waals surface area contributed by atoms with E-state index >= 15 is 0 Å². The van der Waals surface area contributed by atoms with Gasteiger partial charge < -0.3 is 5.32 Å². The normalized spacial score (nSPS) is 19.2. The Morgan fingerprint density at radius 2 is 1.69 bits per heavy atom. The molecular formula is C25H25ClN2O. The van der Waals surface area contributed by atoms with E-state index in [1.54, 1.807) is 24.3 Å². The van der Waals surface area contributed by atoms with Gasteiger partial charge in [0.15, 0.2) is 0 Å². The van der Waals surface area contributed by atoms with Gasteiger partial charge in [-0.15, -0.1) is 0 Å². The van der Waals surface area contributed by atoms with Crippen molar-refractivity contribution in [2.24, 2.45) is 0 Å². The first-order valence-corrected chi connectivity index (χ1v) is 10.4. The highest BCUT2D eigenvalue weighted by molar-refractivity contribution is 6.30. The fourth-order valence-corrected chi connectivity index (χ4v) is 4.23. The Kier molecular flexibility index (Phi) is 5.98. The number of likely N-dealkylation sites (tertiary alicyclic amines) is 1. The first-order chi connectivity index (χ1) is 14.1. The van der Waals surface area contributed by atoms with E-state index in [-0.39, 0.29) is 5.91 Å². The lowest BCUT2D eigenvalue weighted by Crippen LogP contribution is -2.28. The second-order valence-corrected chi connectivity index (χ2v) is 8.11. The molecule has 0 radical (unpaired) electrons. The molecule has 1 aliphatic rings. The molecule has 0 saturated carbocycles. The summed E-state index contributed by atoms with van der Waals surface area (Å²) in [5.41, 5.74) is 4.10. The number of nitrogens with zero attached hydrogens (tertiary/aromatic N) is 1. The van der Waals surface area contributed by atoms with Crippen LogP contribution in [0, 0.1) is 0 Å². The van der Waals surface area contributed by atoms with Gasteiger partial charge in [0.25, 0.3) is 5.91 Å². The topological polar surface area (TPSA) is 32.3 Å². The first-order valence-electron chi connectivity index (χ1n) is 10.0. The Morgan fingerprint density at radius 1 is 1.00 bits per heavy atom. The van der Waals surface area contributed by atoms with Gasteiger partial charge in [0.05, 0.1) is 0 Å². The van der Waals surface area contributed by atoms with Crippen LogP contribution in [0.4, 0.5) is 5.69 Å². The molecule has 1 aliphatic heterocycles. The second-order valence-electron chi connectivity index (χ2n) is 7.67. The lowest BCUT2D eigenvalue weighted by atomic mass is 9.92. The van der Waals surface area contributed by atoms with E-state index in [0.717, 1.165) is 25.2 Å². The molecule has 2 unspecified atom stereocenters. The van der Waals surface area contributed by atoms with Gasteiger partial charge >= 0.3 is 0 Å². The van der Waals surface area contributed by atoms with Gasteiger partial charge in [-0.3, -0.25) is 9.69 Å². The Bertz CT molecular complexity index is 954. The van der Waals surface area contributed by atoms with E-state index in [0.29, 0.717) is 22.5 Å². The Labute approximate surface area is 177 Å². The maximum absolute atomic E-state index is 12.4.